The number of hydrogen-bond donors (Lipinski definition) is 10. The van der Waals surface area contributed by atoms with Crippen LogP contribution in [-0.4, -0.2) is 106 Å². The number of primary amides is 1. The Labute approximate surface area is 663 Å². The summed E-state index contributed by atoms with van der Waals surface area (Å²) in [6.07, 6.45) is -6.33. The number of aromatic amines is 3. The second-order valence-corrected chi connectivity index (χ2v) is 27.8. The molecule has 0 aliphatic carbocycles. The molecule has 6 aromatic heterocycles. The van der Waals surface area contributed by atoms with Gasteiger partial charge in [-0.2, -0.15) is 39.5 Å². The summed E-state index contributed by atoms with van der Waals surface area (Å²) < 4.78 is 121. The van der Waals surface area contributed by atoms with E-state index in [0.29, 0.717) is 30.9 Å². The van der Waals surface area contributed by atoms with Gasteiger partial charge in [0.2, 0.25) is 17.8 Å². The second-order valence-electron chi connectivity index (χ2n) is 27.8. The van der Waals surface area contributed by atoms with Gasteiger partial charge in [-0.3, -0.25) is 28.8 Å². The average Bonchev–Trinajstić information content (AvgIpc) is 0.784. The topological polar surface area (TPSA) is 343 Å². The maximum atomic E-state index is 13.5. The number of hydrogen-bond acceptors (Lipinski definition) is 17. The molecular formula is C85H78F9N17O6. The molecule has 32 heteroatoms. The molecule has 3 amide bonds. The van der Waals surface area contributed by atoms with Gasteiger partial charge in [-0.15, -0.1) is 0 Å². The summed E-state index contributed by atoms with van der Waals surface area (Å²) in [6.45, 7) is 8.07. The number of benzene rings is 6. The first-order valence-corrected chi connectivity index (χ1v) is 37.1. The van der Waals surface area contributed by atoms with Crippen LogP contribution in [0.1, 0.15) is 129 Å². The lowest BCUT2D eigenvalue weighted by atomic mass is 9.98. The summed E-state index contributed by atoms with van der Waals surface area (Å²) in [7, 11) is 0. The molecule has 0 radical (unpaired) electrons. The Morgan fingerprint density at radius 3 is 1.16 bits per heavy atom. The maximum Gasteiger partial charge on any atom is 0.416 e. The van der Waals surface area contributed by atoms with Crippen LogP contribution in [0.2, 0.25) is 0 Å². The third-order valence-corrected chi connectivity index (χ3v) is 19.4. The second kappa shape index (κ2) is 36.3. The lowest BCUT2D eigenvalue weighted by molar-refractivity contribution is -0.138. The van der Waals surface area contributed by atoms with Gasteiger partial charge in [0.1, 0.15) is 16.7 Å². The molecule has 12 N–H and O–H groups in total. The van der Waals surface area contributed by atoms with E-state index in [1.165, 1.54) is 84.2 Å². The number of pyridine rings is 3. The summed E-state index contributed by atoms with van der Waals surface area (Å²) in [5.74, 6) is -1.23. The summed E-state index contributed by atoms with van der Waals surface area (Å²) in [4.78, 5) is 113. The molecule has 602 valence electrons. The molecule has 2 saturated heterocycles. The number of nitrogens with zero attached hydrogens (tertiary/aromatic N) is 7. The molecule has 12 aromatic rings. The largest absolute Gasteiger partial charge is 0.416 e. The van der Waals surface area contributed by atoms with Gasteiger partial charge in [0.15, 0.2) is 0 Å². The van der Waals surface area contributed by atoms with Crippen molar-refractivity contribution in [3.8, 4) is 67.5 Å². The molecule has 4 unspecified atom stereocenters. The van der Waals surface area contributed by atoms with E-state index < -0.39 is 69.6 Å². The number of amides is 3. The zero-order valence-electron chi connectivity index (χ0n) is 63.0. The molecule has 0 saturated carbocycles. The van der Waals surface area contributed by atoms with Crippen LogP contribution in [0, 0.1) is 0 Å². The first-order chi connectivity index (χ1) is 55.9. The minimum absolute atomic E-state index is 0.0619. The van der Waals surface area contributed by atoms with E-state index in [2.05, 4.69) is 71.4 Å². The van der Waals surface area contributed by atoms with Crippen molar-refractivity contribution in [1.29, 1.82) is 0 Å². The lowest BCUT2D eigenvalue weighted by Gasteiger charge is -2.30. The van der Waals surface area contributed by atoms with Crippen LogP contribution in [0.15, 0.2) is 233 Å². The molecule has 2 fully saturated rings. The smallest absolute Gasteiger partial charge is 0.365 e. The van der Waals surface area contributed by atoms with E-state index in [1.54, 1.807) is 12.1 Å². The van der Waals surface area contributed by atoms with E-state index in [1.807, 2.05) is 112 Å². The maximum absolute atomic E-state index is 13.5. The van der Waals surface area contributed by atoms with Gasteiger partial charge in [0.25, 0.3) is 34.4 Å². The van der Waals surface area contributed by atoms with E-state index >= 15 is 0 Å². The number of alkyl halides is 9. The van der Waals surface area contributed by atoms with E-state index in [-0.39, 0.29) is 121 Å². The Morgan fingerprint density at radius 1 is 0.453 bits per heavy atom. The normalized spacial score (nSPS) is 14.6. The van der Waals surface area contributed by atoms with Gasteiger partial charge in [-0.05, 0) is 166 Å². The Balaban J connectivity index is 0.000000162. The number of carbonyl (C=O) groups excluding carboxylic acids is 3. The highest BCUT2D eigenvalue weighted by Crippen LogP contribution is 2.40. The van der Waals surface area contributed by atoms with Crippen LogP contribution < -0.4 is 54.7 Å². The molecule has 2 aliphatic rings. The van der Waals surface area contributed by atoms with E-state index in [9.17, 15) is 68.3 Å². The van der Waals surface area contributed by atoms with Gasteiger partial charge in [0, 0.05) is 60.5 Å². The summed E-state index contributed by atoms with van der Waals surface area (Å²) in [6, 6.07) is 50.7. The molecule has 23 nitrogen and oxygen atoms in total. The number of nitrogens with one attached hydrogen (secondary N) is 8. The van der Waals surface area contributed by atoms with E-state index in [4.69, 9.17) is 11.5 Å². The fraction of sp³-hybridized carbons (Fsp3) is 0.224. The molecule has 0 bridgehead atoms. The van der Waals surface area contributed by atoms with Crippen molar-refractivity contribution in [2.45, 2.75) is 95.2 Å². The van der Waals surface area contributed by atoms with Crippen molar-refractivity contribution in [1.82, 2.24) is 60.4 Å². The zero-order valence-corrected chi connectivity index (χ0v) is 63.0. The summed E-state index contributed by atoms with van der Waals surface area (Å²) >= 11 is 0. The molecular weight excluding hydrogens is 1530 g/mol. The van der Waals surface area contributed by atoms with Gasteiger partial charge < -0.3 is 57.9 Å². The monoisotopic (exact) mass is 1600 g/mol. The number of piperidine rings is 2. The predicted molar refractivity (Wildman–Crippen MR) is 426 cm³/mol. The number of H-pyrrole nitrogens is 3. The first-order valence-electron chi connectivity index (χ1n) is 37.1. The fourth-order valence-corrected chi connectivity index (χ4v) is 13.3. The van der Waals surface area contributed by atoms with Gasteiger partial charge in [0.05, 0.1) is 69.0 Å². The van der Waals surface area contributed by atoms with Crippen LogP contribution in [-0.2, 0) is 18.5 Å². The van der Waals surface area contributed by atoms with Crippen molar-refractivity contribution in [2.75, 3.05) is 42.1 Å². The zero-order chi connectivity index (χ0) is 83.3. The molecule has 6 aromatic carbocycles. The number of rotatable bonds is 19. The van der Waals surface area contributed by atoms with Crippen molar-refractivity contribution in [3.05, 3.63) is 300 Å². The minimum atomic E-state index is -4.58. The van der Waals surface area contributed by atoms with Crippen LogP contribution in [0.4, 0.5) is 57.4 Å². The number of halogens is 9. The minimum Gasteiger partial charge on any atom is -0.365 e. The predicted octanol–water partition coefficient (Wildman–Crippen LogP) is 15.2. The SMILES string of the molecule is CC(Nc1nccc(-c2cc(C(=O)N3CCCC(N)C3)c(=O)[nH]c2-c2cccc(C(F)(F)F)c2)n1)c1ccccc1.CC(Nc1nccc(-c2cc(C(=O)NC3CCNCC3)c(=O)[nH]c2-c2cccc(C(F)(F)F)c2)n1)c1ccccc1.CC(Nc1nccc(-c2cc(C(N)=O)c(=O)[nH]c2-c2cccc(C(F)(F)F)c2)n1)c1ccccc1. The highest BCUT2D eigenvalue weighted by atomic mass is 19.4. The number of nitrogens with two attached hydrogens (primary N) is 2. The highest BCUT2D eigenvalue weighted by molar-refractivity contribution is 5.98. The summed E-state index contributed by atoms with van der Waals surface area (Å²) in [5, 5.41) is 15.8. The Hall–Kier alpha value is -13.5. The average molecular weight is 1600 g/mol. The van der Waals surface area contributed by atoms with Gasteiger partial charge in [-0.25, -0.2) is 29.9 Å². The number of aromatic nitrogens is 9. The quantitative estimate of drug-likeness (QED) is 0.0336. The highest BCUT2D eigenvalue weighted by Gasteiger charge is 2.35. The number of anilines is 3. The standard InChI is InChI=1S/2C30H29F3N6O2.C25H20F3N5O2/c1-18(19-7-3-2-4-8-19)36-29-35-13-12-25(37-29)23-16-24(28(41)39-14-6-11-22(34)17-39)27(40)38-26(23)20-9-5-10-21(15-20)30(31,32)33;1-18(19-6-3-2-4-7-19)36-29-35-15-12-25(38-29)23-17-24(27(40)37-22-10-13-34-14-11-22)28(41)39-26(23)20-8-5-9-21(16-20)30(31,32)33;1-14(15-6-3-2-4-7-15)31-24-30-11-10-20(32-24)18-13-19(22(29)34)23(35)33-21(18)16-8-5-9-17(12-16)25(26,27)28/h2-5,7-10,12-13,15-16,18,22H,6,11,14,17,34H2,1H3,(H,38,40)(H,35,36,37);2-9,12,15-18,22,34H,10-11,13-14H2,1H3,(H,37,40)(H,39,41)(H,35,36,38);2-14H,1H3,(H2,29,34)(H,33,35)(H,30,31,32). The Morgan fingerprint density at radius 2 is 0.803 bits per heavy atom. The van der Waals surface area contributed by atoms with Crippen LogP contribution >= 0.6 is 0 Å². The van der Waals surface area contributed by atoms with Crippen molar-refractivity contribution < 1.29 is 53.9 Å². The molecule has 14 rings (SSSR count). The Kier molecular flexibility index (Phi) is 25.8. The molecule has 117 heavy (non-hydrogen) atoms. The molecule has 8 heterocycles. The molecule has 2 aliphatic heterocycles. The summed E-state index contributed by atoms with van der Waals surface area (Å²) in [5.41, 5.74) is 11.2. The van der Waals surface area contributed by atoms with Gasteiger partial charge >= 0.3 is 18.5 Å². The molecule has 4 atom stereocenters. The van der Waals surface area contributed by atoms with Crippen LogP contribution in [0.25, 0.3) is 67.5 Å². The lowest BCUT2D eigenvalue weighted by Crippen LogP contribution is -2.46. The third-order valence-electron chi connectivity index (χ3n) is 19.4. The Bertz CT molecular complexity index is 5730. The third kappa shape index (κ3) is 20.9. The van der Waals surface area contributed by atoms with E-state index in [0.717, 1.165) is 85.4 Å². The van der Waals surface area contributed by atoms with Crippen LogP contribution in [0.3, 0.4) is 0 Å². The van der Waals surface area contributed by atoms with Gasteiger partial charge in [-0.1, -0.05) is 127 Å². The van der Waals surface area contributed by atoms with Crippen molar-refractivity contribution >= 4 is 35.6 Å². The number of likely N-dealkylation sites (tertiary alicyclic amines) is 1. The number of carbonyl (C=O) groups is 3. The van der Waals surface area contributed by atoms with Crippen molar-refractivity contribution in [2.24, 2.45) is 11.5 Å². The van der Waals surface area contributed by atoms with Crippen molar-refractivity contribution in [3.63, 3.8) is 0 Å². The first kappa shape index (κ1) is 83.0. The van der Waals surface area contributed by atoms with Crippen LogP contribution in [0.5, 0.6) is 0 Å². The molecule has 0 spiro atoms. The fourth-order valence-electron chi connectivity index (χ4n) is 13.3.